The maximum atomic E-state index is 12.8. The van der Waals surface area contributed by atoms with Gasteiger partial charge in [-0.3, -0.25) is 4.98 Å². The Morgan fingerprint density at radius 1 is 1.22 bits per heavy atom. The number of aromatic nitrogens is 1. The fraction of sp³-hybridized carbons (Fsp3) is 0. The molecule has 90 valence electrons. The minimum absolute atomic E-state index is 0.315. The molecule has 0 spiro atoms. The van der Waals surface area contributed by atoms with Crippen molar-refractivity contribution in [1.82, 2.24) is 4.98 Å². The summed E-state index contributed by atoms with van der Waals surface area (Å²) in [5, 5.41) is 8.62. The highest BCUT2D eigenvalue weighted by Crippen LogP contribution is 2.23. The first-order chi connectivity index (χ1) is 8.66. The van der Waals surface area contributed by atoms with Crippen molar-refractivity contribution in [1.29, 1.82) is 0 Å². The van der Waals surface area contributed by atoms with Gasteiger partial charge in [-0.2, -0.15) is 0 Å². The Morgan fingerprint density at radius 2 is 1.94 bits per heavy atom. The fourth-order valence-corrected chi connectivity index (χ4v) is 1.58. The van der Waals surface area contributed by atoms with Crippen molar-refractivity contribution < 1.29 is 14.3 Å². The highest BCUT2D eigenvalue weighted by Gasteiger charge is 2.03. The number of pyridine rings is 1. The van der Waals surface area contributed by atoms with Gasteiger partial charge >= 0.3 is 5.97 Å². The maximum Gasteiger partial charge on any atom is 0.328 e. The van der Waals surface area contributed by atoms with Gasteiger partial charge in [0.15, 0.2) is 0 Å². The van der Waals surface area contributed by atoms with Crippen LogP contribution in [0.25, 0.3) is 17.2 Å². The van der Waals surface area contributed by atoms with Gasteiger partial charge in [-0.25, -0.2) is 9.18 Å². The van der Waals surface area contributed by atoms with E-state index in [1.807, 2.05) is 0 Å². The molecule has 4 heteroatoms. The van der Waals surface area contributed by atoms with E-state index in [1.165, 1.54) is 18.2 Å². The average Bonchev–Trinajstić information content (AvgIpc) is 2.38. The lowest BCUT2D eigenvalue weighted by Gasteiger charge is -2.05. The van der Waals surface area contributed by atoms with Gasteiger partial charge in [-0.05, 0) is 35.4 Å². The molecule has 0 aliphatic heterocycles. The lowest BCUT2D eigenvalue weighted by atomic mass is 10.0. The molecule has 0 fully saturated rings. The summed E-state index contributed by atoms with van der Waals surface area (Å²) in [6.07, 6.45) is 5.74. The zero-order chi connectivity index (χ0) is 13.0. The number of carboxylic acid groups (broad SMARTS) is 1. The largest absolute Gasteiger partial charge is 0.478 e. The van der Waals surface area contributed by atoms with Crippen LogP contribution in [-0.4, -0.2) is 16.1 Å². The van der Waals surface area contributed by atoms with Crippen molar-refractivity contribution in [2.75, 3.05) is 0 Å². The monoisotopic (exact) mass is 243 g/mol. The number of aliphatic carboxylic acids is 1. The van der Waals surface area contributed by atoms with E-state index in [2.05, 4.69) is 4.98 Å². The number of carboxylic acids is 1. The lowest BCUT2D eigenvalue weighted by Crippen LogP contribution is -1.89. The smallest absolute Gasteiger partial charge is 0.328 e. The van der Waals surface area contributed by atoms with Crippen molar-refractivity contribution >= 4 is 12.0 Å². The Morgan fingerprint density at radius 3 is 2.61 bits per heavy atom. The lowest BCUT2D eigenvalue weighted by molar-refractivity contribution is -0.131. The van der Waals surface area contributed by atoms with E-state index in [0.29, 0.717) is 0 Å². The second kappa shape index (κ2) is 5.23. The molecule has 3 nitrogen and oxygen atoms in total. The third-order valence-electron chi connectivity index (χ3n) is 2.42. The minimum Gasteiger partial charge on any atom is -0.478 e. The van der Waals surface area contributed by atoms with Gasteiger partial charge in [-0.1, -0.05) is 12.1 Å². The Bertz CT molecular complexity index is 591. The number of carbonyl (C=O) groups is 1. The first-order valence-electron chi connectivity index (χ1n) is 5.28. The van der Waals surface area contributed by atoms with E-state index in [4.69, 9.17) is 5.11 Å². The fourth-order valence-electron chi connectivity index (χ4n) is 1.58. The van der Waals surface area contributed by atoms with Crippen molar-refractivity contribution in [3.8, 4) is 11.1 Å². The van der Waals surface area contributed by atoms with Crippen LogP contribution in [0.4, 0.5) is 4.39 Å². The molecular formula is C14H10FNO2. The molecule has 0 amide bonds. The Kier molecular flexibility index (Phi) is 3.48. The van der Waals surface area contributed by atoms with Crippen LogP contribution in [0.15, 0.2) is 48.8 Å². The van der Waals surface area contributed by atoms with Crippen LogP contribution in [0.5, 0.6) is 0 Å². The quantitative estimate of drug-likeness (QED) is 0.843. The topological polar surface area (TPSA) is 50.2 Å². The van der Waals surface area contributed by atoms with Crippen LogP contribution >= 0.6 is 0 Å². The molecule has 0 atom stereocenters. The molecule has 2 aromatic rings. The molecule has 0 radical (unpaired) electrons. The molecular weight excluding hydrogens is 233 g/mol. The normalized spacial score (nSPS) is 10.7. The summed E-state index contributed by atoms with van der Waals surface area (Å²) in [6.45, 7) is 0. The molecule has 1 N–H and O–H groups in total. The molecule has 1 heterocycles. The third-order valence-corrected chi connectivity index (χ3v) is 2.42. The summed E-state index contributed by atoms with van der Waals surface area (Å²) in [7, 11) is 0. The summed E-state index contributed by atoms with van der Waals surface area (Å²) in [6, 6.07) is 7.67. The molecule has 0 saturated carbocycles. The van der Waals surface area contributed by atoms with Gasteiger partial charge in [0.25, 0.3) is 0 Å². The van der Waals surface area contributed by atoms with Gasteiger partial charge in [0.1, 0.15) is 5.82 Å². The van der Waals surface area contributed by atoms with Crippen LogP contribution in [0, 0.1) is 5.82 Å². The molecule has 18 heavy (non-hydrogen) atoms. The van der Waals surface area contributed by atoms with Crippen LogP contribution in [0.2, 0.25) is 0 Å². The molecule has 0 saturated heterocycles. The molecule has 2 rings (SSSR count). The summed E-state index contributed by atoms with van der Waals surface area (Å²) in [4.78, 5) is 14.5. The Hall–Kier alpha value is -2.49. The number of halogens is 1. The highest BCUT2D eigenvalue weighted by atomic mass is 19.1. The number of benzene rings is 1. The number of rotatable bonds is 3. The van der Waals surface area contributed by atoms with E-state index in [9.17, 15) is 9.18 Å². The second-order valence-electron chi connectivity index (χ2n) is 3.64. The first kappa shape index (κ1) is 12.0. The van der Waals surface area contributed by atoms with Crippen LogP contribution in [0.1, 0.15) is 5.56 Å². The summed E-state index contributed by atoms with van der Waals surface area (Å²) >= 11 is 0. The zero-order valence-electron chi connectivity index (χ0n) is 9.38. The van der Waals surface area contributed by atoms with Crippen LogP contribution in [-0.2, 0) is 4.79 Å². The molecule has 0 unspecified atom stereocenters. The second-order valence-corrected chi connectivity index (χ2v) is 3.64. The number of nitrogens with zero attached hydrogens (tertiary/aromatic N) is 1. The van der Waals surface area contributed by atoms with Crippen LogP contribution in [0.3, 0.4) is 0 Å². The van der Waals surface area contributed by atoms with Crippen molar-refractivity contribution in [3.05, 3.63) is 60.2 Å². The SMILES string of the molecule is O=C(O)/C=C/c1ccncc1-c1ccc(F)cc1. The summed E-state index contributed by atoms with van der Waals surface area (Å²) in [5.74, 6) is -1.33. The molecule has 0 aliphatic carbocycles. The van der Waals surface area contributed by atoms with Gasteiger partial charge < -0.3 is 5.11 Å². The highest BCUT2D eigenvalue weighted by molar-refractivity contribution is 5.87. The first-order valence-corrected chi connectivity index (χ1v) is 5.28. The van der Waals surface area contributed by atoms with E-state index >= 15 is 0 Å². The predicted molar refractivity (Wildman–Crippen MR) is 66.3 cm³/mol. The van der Waals surface area contributed by atoms with Crippen molar-refractivity contribution in [2.45, 2.75) is 0 Å². The van der Waals surface area contributed by atoms with E-state index in [-0.39, 0.29) is 5.82 Å². The van der Waals surface area contributed by atoms with E-state index in [1.54, 1.807) is 30.6 Å². The van der Waals surface area contributed by atoms with Crippen molar-refractivity contribution in [2.24, 2.45) is 0 Å². The van der Waals surface area contributed by atoms with Gasteiger partial charge in [0.2, 0.25) is 0 Å². The van der Waals surface area contributed by atoms with Gasteiger partial charge in [0.05, 0.1) is 0 Å². The van der Waals surface area contributed by atoms with Crippen LogP contribution < -0.4 is 0 Å². The Balaban J connectivity index is 2.44. The van der Waals surface area contributed by atoms with Gasteiger partial charge in [0, 0.05) is 24.0 Å². The van der Waals surface area contributed by atoms with E-state index < -0.39 is 5.97 Å². The van der Waals surface area contributed by atoms with Gasteiger partial charge in [-0.15, -0.1) is 0 Å². The summed E-state index contributed by atoms with van der Waals surface area (Å²) < 4.78 is 12.8. The maximum absolute atomic E-state index is 12.8. The molecule has 0 aliphatic rings. The number of hydrogen-bond donors (Lipinski definition) is 1. The minimum atomic E-state index is -1.02. The number of hydrogen-bond acceptors (Lipinski definition) is 2. The standard InChI is InChI=1S/C14H10FNO2/c15-12-4-1-10(2-5-12)13-9-16-8-7-11(13)3-6-14(17)18/h1-9H,(H,17,18)/b6-3+. The molecule has 0 bridgehead atoms. The van der Waals surface area contributed by atoms with E-state index in [0.717, 1.165) is 22.8 Å². The zero-order valence-corrected chi connectivity index (χ0v) is 9.38. The summed E-state index contributed by atoms with van der Waals surface area (Å²) in [5.41, 5.74) is 2.27. The molecule has 1 aromatic heterocycles. The Labute approximate surface area is 103 Å². The third kappa shape index (κ3) is 2.79. The molecule has 1 aromatic carbocycles. The average molecular weight is 243 g/mol. The van der Waals surface area contributed by atoms with Crippen molar-refractivity contribution in [3.63, 3.8) is 0 Å². The predicted octanol–water partition coefficient (Wildman–Crippen LogP) is 2.99.